The lowest BCUT2D eigenvalue weighted by atomic mass is 10.1. The Morgan fingerprint density at radius 2 is 1.75 bits per heavy atom. The first-order valence-corrected chi connectivity index (χ1v) is 8.10. The Kier molecular flexibility index (Phi) is 8.54. The zero-order valence-electron chi connectivity index (χ0n) is 13.0. The first-order chi connectivity index (χ1) is 9.07. The number of esters is 1. The van der Waals surface area contributed by atoms with Crippen LogP contribution in [0.15, 0.2) is 0 Å². The molecule has 0 aliphatic heterocycles. The van der Waals surface area contributed by atoms with Crippen molar-refractivity contribution in [3.63, 3.8) is 0 Å². The standard InChI is InChI=1S/C12H26NO6P/c1-6-11(2)12(14)17-9-10-19-20(15,16)18-8-7-13(3,4)5/h11H,6-10H2,1-5H3. The number of hydrogen-bond donors (Lipinski definition) is 0. The molecule has 0 fully saturated rings. The van der Waals surface area contributed by atoms with Crippen molar-refractivity contribution in [1.29, 1.82) is 0 Å². The molecule has 0 radical (unpaired) electrons. The van der Waals surface area contributed by atoms with Gasteiger partial charge in [-0.25, -0.2) is 0 Å². The molecule has 0 bridgehead atoms. The largest absolute Gasteiger partial charge is 0.756 e. The molecule has 2 unspecified atom stereocenters. The van der Waals surface area contributed by atoms with Crippen molar-refractivity contribution >= 4 is 13.8 Å². The number of carbonyl (C=O) groups is 1. The molecule has 0 spiro atoms. The third-order valence-electron chi connectivity index (χ3n) is 2.60. The fourth-order valence-electron chi connectivity index (χ4n) is 1.06. The maximum absolute atomic E-state index is 11.4. The van der Waals surface area contributed by atoms with Crippen molar-refractivity contribution < 1.29 is 32.5 Å². The molecule has 0 rings (SSSR count). The van der Waals surface area contributed by atoms with Gasteiger partial charge in [0, 0.05) is 0 Å². The molecular weight excluding hydrogens is 285 g/mol. The predicted octanol–water partition coefficient (Wildman–Crippen LogP) is 0.784. The number of phosphoric ester groups is 1. The molecule has 0 aromatic carbocycles. The van der Waals surface area contributed by atoms with Crippen LogP contribution in [-0.4, -0.2) is 58.0 Å². The molecule has 0 N–H and O–H groups in total. The van der Waals surface area contributed by atoms with E-state index in [1.165, 1.54) is 0 Å². The average Bonchev–Trinajstić information content (AvgIpc) is 2.31. The number of carbonyl (C=O) groups excluding carboxylic acids is 1. The number of rotatable bonds is 10. The van der Waals surface area contributed by atoms with E-state index in [0.29, 0.717) is 17.4 Å². The summed E-state index contributed by atoms with van der Waals surface area (Å²) in [4.78, 5) is 22.7. The molecular formula is C12H26NO6P. The van der Waals surface area contributed by atoms with Crippen LogP contribution < -0.4 is 4.89 Å². The van der Waals surface area contributed by atoms with Crippen molar-refractivity contribution in [1.82, 2.24) is 0 Å². The van der Waals surface area contributed by atoms with Gasteiger partial charge in [-0.2, -0.15) is 0 Å². The van der Waals surface area contributed by atoms with Gasteiger partial charge in [0.25, 0.3) is 7.82 Å². The van der Waals surface area contributed by atoms with Crippen molar-refractivity contribution in [3.05, 3.63) is 0 Å². The Morgan fingerprint density at radius 1 is 1.20 bits per heavy atom. The fourth-order valence-corrected chi connectivity index (χ4v) is 1.74. The molecule has 20 heavy (non-hydrogen) atoms. The van der Waals surface area contributed by atoms with E-state index < -0.39 is 7.82 Å². The SMILES string of the molecule is CCC(C)C(=O)OCCOP(=O)([O-])OCC[N+](C)(C)C. The van der Waals surface area contributed by atoms with Crippen LogP contribution >= 0.6 is 7.82 Å². The molecule has 2 atom stereocenters. The van der Waals surface area contributed by atoms with Crippen molar-refractivity contribution in [2.24, 2.45) is 5.92 Å². The lowest BCUT2D eigenvalue weighted by Crippen LogP contribution is -2.37. The summed E-state index contributed by atoms with van der Waals surface area (Å²) in [6, 6.07) is 0. The van der Waals surface area contributed by atoms with Crippen LogP contribution in [-0.2, 0) is 23.1 Å². The van der Waals surface area contributed by atoms with Gasteiger partial charge in [-0.05, 0) is 6.42 Å². The van der Waals surface area contributed by atoms with Crippen LogP contribution in [0.5, 0.6) is 0 Å². The third-order valence-corrected chi connectivity index (χ3v) is 3.60. The summed E-state index contributed by atoms with van der Waals surface area (Å²) in [5, 5.41) is 0. The summed E-state index contributed by atoms with van der Waals surface area (Å²) in [7, 11) is 1.45. The summed E-state index contributed by atoms with van der Waals surface area (Å²) < 4.78 is 26.1. The molecule has 0 aromatic heterocycles. The summed E-state index contributed by atoms with van der Waals surface area (Å²) in [6.45, 7) is 3.88. The van der Waals surface area contributed by atoms with Gasteiger partial charge in [0.1, 0.15) is 19.8 Å². The van der Waals surface area contributed by atoms with Crippen LogP contribution in [0.25, 0.3) is 0 Å². The summed E-state index contributed by atoms with van der Waals surface area (Å²) in [5.41, 5.74) is 0. The monoisotopic (exact) mass is 311 g/mol. The zero-order valence-corrected chi connectivity index (χ0v) is 13.9. The van der Waals surface area contributed by atoms with Gasteiger partial charge in [-0.15, -0.1) is 0 Å². The van der Waals surface area contributed by atoms with E-state index in [2.05, 4.69) is 4.52 Å². The molecule has 0 amide bonds. The maximum atomic E-state index is 11.4. The highest BCUT2D eigenvalue weighted by Gasteiger charge is 2.15. The van der Waals surface area contributed by atoms with E-state index in [9.17, 15) is 14.3 Å². The molecule has 0 saturated heterocycles. The summed E-state index contributed by atoms with van der Waals surface area (Å²) >= 11 is 0. The van der Waals surface area contributed by atoms with Crippen LogP contribution in [0, 0.1) is 5.92 Å². The Morgan fingerprint density at radius 3 is 2.25 bits per heavy atom. The Balaban J connectivity index is 3.83. The van der Waals surface area contributed by atoms with Gasteiger partial charge in [0.05, 0.1) is 33.7 Å². The minimum Gasteiger partial charge on any atom is -0.756 e. The molecule has 120 valence electrons. The van der Waals surface area contributed by atoms with Crippen molar-refractivity contribution in [2.75, 3.05) is 47.5 Å². The van der Waals surface area contributed by atoms with Crippen molar-refractivity contribution in [2.45, 2.75) is 20.3 Å². The van der Waals surface area contributed by atoms with E-state index in [1.807, 2.05) is 28.1 Å². The third kappa shape index (κ3) is 10.3. The highest BCUT2D eigenvalue weighted by molar-refractivity contribution is 7.45. The second-order valence-corrected chi connectivity index (χ2v) is 7.02. The molecule has 7 nitrogen and oxygen atoms in total. The Labute approximate surface area is 121 Å². The minimum absolute atomic E-state index is 0.0525. The van der Waals surface area contributed by atoms with Gasteiger partial charge >= 0.3 is 5.97 Å². The molecule has 0 aliphatic carbocycles. The van der Waals surface area contributed by atoms with E-state index in [1.54, 1.807) is 6.92 Å². The van der Waals surface area contributed by atoms with E-state index in [-0.39, 0.29) is 31.7 Å². The van der Waals surface area contributed by atoms with Gasteiger partial charge in [0.2, 0.25) is 0 Å². The average molecular weight is 311 g/mol. The predicted molar refractivity (Wildman–Crippen MR) is 72.8 cm³/mol. The van der Waals surface area contributed by atoms with Gasteiger partial charge in [-0.3, -0.25) is 9.36 Å². The Hall–Kier alpha value is -0.460. The topological polar surface area (TPSA) is 84.9 Å². The number of ether oxygens (including phenoxy) is 1. The smallest absolute Gasteiger partial charge is 0.308 e. The van der Waals surface area contributed by atoms with Crippen molar-refractivity contribution in [3.8, 4) is 0 Å². The quantitative estimate of drug-likeness (QED) is 0.256. The van der Waals surface area contributed by atoms with E-state index in [0.717, 1.165) is 0 Å². The molecule has 0 saturated carbocycles. The lowest BCUT2D eigenvalue weighted by Gasteiger charge is -2.27. The van der Waals surface area contributed by atoms with E-state index >= 15 is 0 Å². The molecule has 0 heterocycles. The highest BCUT2D eigenvalue weighted by atomic mass is 31.2. The molecule has 0 aliphatic rings. The highest BCUT2D eigenvalue weighted by Crippen LogP contribution is 2.37. The lowest BCUT2D eigenvalue weighted by molar-refractivity contribution is -0.870. The summed E-state index contributed by atoms with van der Waals surface area (Å²) in [6.07, 6.45) is 0.675. The van der Waals surface area contributed by atoms with Crippen LogP contribution in [0.3, 0.4) is 0 Å². The molecule has 8 heteroatoms. The first kappa shape index (κ1) is 19.5. The van der Waals surface area contributed by atoms with Gasteiger partial charge in [-0.1, -0.05) is 13.8 Å². The van der Waals surface area contributed by atoms with Crippen LogP contribution in [0.2, 0.25) is 0 Å². The van der Waals surface area contributed by atoms with Gasteiger partial charge in [0.15, 0.2) is 0 Å². The van der Waals surface area contributed by atoms with Crippen LogP contribution in [0.1, 0.15) is 20.3 Å². The Bertz CT molecular complexity index is 341. The molecule has 0 aromatic rings. The second kappa shape index (κ2) is 8.74. The number of quaternary nitrogens is 1. The number of likely N-dealkylation sites (N-methyl/N-ethyl adjacent to an activating group) is 1. The summed E-state index contributed by atoms with van der Waals surface area (Å²) in [5.74, 6) is -0.558. The number of hydrogen-bond acceptors (Lipinski definition) is 6. The number of phosphoric acid groups is 1. The minimum atomic E-state index is -4.32. The van der Waals surface area contributed by atoms with Gasteiger partial charge < -0.3 is 23.2 Å². The van der Waals surface area contributed by atoms with Crippen LogP contribution in [0.4, 0.5) is 0 Å². The first-order valence-electron chi connectivity index (χ1n) is 6.64. The normalized spacial score (nSPS) is 16.5. The van der Waals surface area contributed by atoms with E-state index in [4.69, 9.17) is 9.26 Å². The number of nitrogens with zero attached hydrogens (tertiary/aromatic N) is 1. The maximum Gasteiger partial charge on any atom is 0.308 e. The second-order valence-electron chi connectivity index (χ2n) is 5.60. The fraction of sp³-hybridized carbons (Fsp3) is 0.917. The zero-order chi connectivity index (χ0) is 15.8.